The van der Waals surface area contributed by atoms with Gasteiger partial charge in [0.15, 0.2) is 0 Å². The molecule has 1 atom stereocenters. The highest BCUT2D eigenvalue weighted by atomic mass is 16.4. The first-order chi connectivity index (χ1) is 9.62. The second-order valence-electron chi connectivity index (χ2n) is 7.30. The first-order valence-electron chi connectivity index (χ1n) is 7.86. The van der Waals surface area contributed by atoms with E-state index in [1.54, 1.807) is 0 Å². The molecule has 1 rings (SSSR count). The van der Waals surface area contributed by atoms with Crippen LogP contribution in [0.25, 0.3) is 0 Å². The maximum atomic E-state index is 12.5. The number of carbonyl (C=O) groups is 2. The van der Waals surface area contributed by atoms with Gasteiger partial charge in [0, 0.05) is 32.6 Å². The fourth-order valence-corrected chi connectivity index (χ4v) is 2.71. The molecule has 0 saturated carbocycles. The largest absolute Gasteiger partial charge is 0.481 e. The molecule has 2 amide bonds. The minimum Gasteiger partial charge on any atom is -0.481 e. The molecular formula is C16H30N2O3. The highest BCUT2D eigenvalue weighted by Crippen LogP contribution is 2.26. The van der Waals surface area contributed by atoms with Crippen molar-refractivity contribution in [2.24, 2.45) is 11.3 Å². The van der Waals surface area contributed by atoms with Crippen molar-refractivity contribution in [2.45, 2.75) is 59.4 Å². The fourth-order valence-electron chi connectivity index (χ4n) is 2.71. The molecule has 1 unspecified atom stereocenters. The van der Waals surface area contributed by atoms with Crippen molar-refractivity contribution in [3.63, 3.8) is 0 Å². The number of aliphatic carboxylic acids is 1. The molecule has 0 bridgehead atoms. The van der Waals surface area contributed by atoms with E-state index in [2.05, 4.69) is 27.7 Å². The summed E-state index contributed by atoms with van der Waals surface area (Å²) in [6.07, 6.45) is 2.79. The monoisotopic (exact) mass is 298 g/mol. The van der Waals surface area contributed by atoms with Gasteiger partial charge in [-0.15, -0.1) is 0 Å². The van der Waals surface area contributed by atoms with Crippen molar-refractivity contribution in [1.29, 1.82) is 0 Å². The smallest absolute Gasteiger partial charge is 0.319 e. The maximum absolute atomic E-state index is 12.5. The first-order valence-corrected chi connectivity index (χ1v) is 7.86. The van der Waals surface area contributed by atoms with Crippen molar-refractivity contribution < 1.29 is 14.7 Å². The Hall–Kier alpha value is -1.26. The van der Waals surface area contributed by atoms with Crippen LogP contribution in [-0.2, 0) is 4.79 Å². The second-order valence-corrected chi connectivity index (χ2v) is 7.30. The van der Waals surface area contributed by atoms with Gasteiger partial charge in [0.1, 0.15) is 0 Å². The number of urea groups is 1. The van der Waals surface area contributed by atoms with E-state index in [0.717, 1.165) is 32.4 Å². The Morgan fingerprint density at radius 3 is 2.24 bits per heavy atom. The van der Waals surface area contributed by atoms with Crippen molar-refractivity contribution in [1.82, 2.24) is 9.80 Å². The standard InChI is InChI=1S/C16H30N2O3/c1-12(16(2,3)4)17(5)15(21)18-10-8-13(9-11-18)6-7-14(19)20/h12-13H,6-11H2,1-5H3,(H,19,20). The average molecular weight is 298 g/mol. The van der Waals surface area contributed by atoms with Gasteiger partial charge in [-0.25, -0.2) is 4.79 Å². The van der Waals surface area contributed by atoms with Crippen LogP contribution in [0.2, 0.25) is 0 Å². The number of carboxylic acids is 1. The maximum Gasteiger partial charge on any atom is 0.319 e. The fraction of sp³-hybridized carbons (Fsp3) is 0.875. The van der Waals surface area contributed by atoms with Crippen LogP contribution >= 0.6 is 0 Å². The number of likely N-dealkylation sites (tertiary alicyclic amines) is 1. The Bertz CT molecular complexity index is 368. The van der Waals surface area contributed by atoms with E-state index in [0.29, 0.717) is 5.92 Å². The molecule has 0 aliphatic carbocycles. The lowest BCUT2D eigenvalue weighted by Crippen LogP contribution is -2.51. The van der Waals surface area contributed by atoms with Crippen LogP contribution in [0.3, 0.4) is 0 Å². The molecular weight excluding hydrogens is 268 g/mol. The number of carbonyl (C=O) groups excluding carboxylic acids is 1. The van der Waals surface area contributed by atoms with E-state index in [1.807, 2.05) is 16.8 Å². The average Bonchev–Trinajstić information content (AvgIpc) is 2.42. The number of nitrogens with zero attached hydrogens (tertiary/aromatic N) is 2. The van der Waals surface area contributed by atoms with Crippen LogP contribution in [0.4, 0.5) is 4.79 Å². The molecule has 0 spiro atoms. The van der Waals surface area contributed by atoms with E-state index in [1.165, 1.54) is 0 Å². The van der Waals surface area contributed by atoms with E-state index in [9.17, 15) is 9.59 Å². The quantitative estimate of drug-likeness (QED) is 0.867. The minimum atomic E-state index is -0.729. The number of hydrogen-bond acceptors (Lipinski definition) is 2. The minimum absolute atomic E-state index is 0.0597. The summed E-state index contributed by atoms with van der Waals surface area (Å²) >= 11 is 0. The molecule has 0 aromatic carbocycles. The van der Waals surface area contributed by atoms with Crippen molar-refractivity contribution in [3.8, 4) is 0 Å². The summed E-state index contributed by atoms with van der Waals surface area (Å²) in [6.45, 7) is 9.98. The van der Waals surface area contributed by atoms with Crippen LogP contribution in [0.15, 0.2) is 0 Å². The lowest BCUT2D eigenvalue weighted by Gasteiger charge is -2.40. The van der Waals surface area contributed by atoms with Crippen LogP contribution in [0.5, 0.6) is 0 Å². The third-order valence-electron chi connectivity index (χ3n) is 4.79. The van der Waals surface area contributed by atoms with E-state index in [-0.39, 0.29) is 23.9 Å². The van der Waals surface area contributed by atoms with Crippen LogP contribution < -0.4 is 0 Å². The van der Waals surface area contributed by atoms with Gasteiger partial charge in [-0.3, -0.25) is 4.79 Å². The topological polar surface area (TPSA) is 60.9 Å². The molecule has 1 fully saturated rings. The lowest BCUT2D eigenvalue weighted by atomic mass is 9.87. The molecule has 1 aliphatic heterocycles. The summed E-state index contributed by atoms with van der Waals surface area (Å²) < 4.78 is 0. The molecule has 0 aromatic rings. The number of rotatable bonds is 4. The molecule has 1 heterocycles. The molecule has 5 nitrogen and oxygen atoms in total. The Morgan fingerprint density at radius 1 is 1.29 bits per heavy atom. The van der Waals surface area contributed by atoms with Gasteiger partial charge < -0.3 is 14.9 Å². The van der Waals surface area contributed by atoms with Crippen molar-refractivity contribution in [3.05, 3.63) is 0 Å². The Labute approximate surface area is 128 Å². The van der Waals surface area contributed by atoms with E-state index >= 15 is 0 Å². The lowest BCUT2D eigenvalue weighted by molar-refractivity contribution is -0.137. The summed E-state index contributed by atoms with van der Waals surface area (Å²) in [7, 11) is 1.87. The predicted molar refractivity (Wildman–Crippen MR) is 83.2 cm³/mol. The molecule has 1 aliphatic rings. The second kappa shape index (κ2) is 7.14. The molecule has 21 heavy (non-hydrogen) atoms. The Morgan fingerprint density at radius 2 is 1.81 bits per heavy atom. The predicted octanol–water partition coefficient (Wildman–Crippen LogP) is 3.05. The Kier molecular flexibility index (Phi) is 6.05. The van der Waals surface area contributed by atoms with Crippen molar-refractivity contribution >= 4 is 12.0 Å². The number of hydrogen-bond donors (Lipinski definition) is 1. The summed E-state index contributed by atoms with van der Waals surface area (Å²) in [5, 5.41) is 8.72. The third-order valence-corrected chi connectivity index (χ3v) is 4.79. The first kappa shape index (κ1) is 17.8. The molecule has 1 N–H and O–H groups in total. The molecule has 0 aromatic heterocycles. The summed E-state index contributed by atoms with van der Waals surface area (Å²) in [6, 6.07) is 0.267. The highest BCUT2D eigenvalue weighted by Gasteiger charge is 2.31. The number of carboxylic acid groups (broad SMARTS) is 1. The third kappa shape index (κ3) is 5.21. The zero-order valence-corrected chi connectivity index (χ0v) is 14.1. The van der Waals surface area contributed by atoms with Crippen LogP contribution in [0, 0.1) is 11.3 Å². The zero-order chi connectivity index (χ0) is 16.2. The molecule has 5 heteroatoms. The van der Waals surface area contributed by atoms with Gasteiger partial charge in [0.05, 0.1) is 0 Å². The van der Waals surface area contributed by atoms with Gasteiger partial charge >= 0.3 is 12.0 Å². The van der Waals surface area contributed by atoms with Crippen molar-refractivity contribution in [2.75, 3.05) is 20.1 Å². The van der Waals surface area contributed by atoms with Gasteiger partial charge in [0.2, 0.25) is 0 Å². The van der Waals surface area contributed by atoms with Gasteiger partial charge in [-0.1, -0.05) is 20.8 Å². The van der Waals surface area contributed by atoms with E-state index in [4.69, 9.17) is 5.11 Å². The van der Waals surface area contributed by atoms with Gasteiger partial charge in [-0.05, 0) is 37.5 Å². The SMILES string of the molecule is CC(N(C)C(=O)N1CCC(CCC(=O)O)CC1)C(C)(C)C. The summed E-state index contributed by atoms with van der Waals surface area (Å²) in [4.78, 5) is 26.9. The van der Waals surface area contributed by atoms with Crippen LogP contribution in [0.1, 0.15) is 53.4 Å². The molecule has 122 valence electrons. The molecule has 0 radical (unpaired) electrons. The Balaban J connectivity index is 2.46. The number of piperidine rings is 1. The summed E-state index contributed by atoms with van der Waals surface area (Å²) in [5.41, 5.74) is 0.0597. The summed E-state index contributed by atoms with van der Waals surface area (Å²) in [5.74, 6) is -0.289. The van der Waals surface area contributed by atoms with Crippen LogP contribution in [-0.4, -0.2) is 53.1 Å². The number of amides is 2. The van der Waals surface area contributed by atoms with E-state index < -0.39 is 5.97 Å². The zero-order valence-electron chi connectivity index (χ0n) is 14.1. The normalized spacial score (nSPS) is 18.4. The van der Waals surface area contributed by atoms with Gasteiger partial charge in [-0.2, -0.15) is 0 Å². The highest BCUT2D eigenvalue weighted by molar-refractivity contribution is 5.74. The van der Waals surface area contributed by atoms with Gasteiger partial charge in [0.25, 0.3) is 0 Å². The molecule has 1 saturated heterocycles.